The molecule has 4 nitrogen and oxygen atoms in total. The molecular weight excluding hydrogens is 218 g/mol. The third-order valence-electron chi connectivity index (χ3n) is 2.39. The van der Waals surface area contributed by atoms with Gasteiger partial charge in [0.1, 0.15) is 5.76 Å². The molecule has 1 rings (SSSR count). The van der Waals surface area contributed by atoms with Gasteiger partial charge in [0.15, 0.2) is 0 Å². The Morgan fingerprint density at radius 2 is 2.12 bits per heavy atom. The third-order valence-corrected chi connectivity index (χ3v) is 2.39. The minimum absolute atomic E-state index is 0.102. The molecule has 2 atom stereocenters. The summed E-state index contributed by atoms with van der Waals surface area (Å²) in [5, 5.41) is 12.9. The van der Waals surface area contributed by atoms with Crippen molar-refractivity contribution in [1.82, 2.24) is 5.32 Å². The number of ether oxygens (including phenoxy) is 1. The quantitative estimate of drug-likeness (QED) is 0.730. The minimum Gasteiger partial charge on any atom is -0.468 e. The minimum atomic E-state index is -0.480. The number of aliphatic hydroxyl groups excluding tert-OH is 1. The van der Waals surface area contributed by atoms with Crippen LogP contribution >= 0.6 is 0 Å². The molecule has 0 aromatic carbocycles. The Bertz CT molecular complexity index is 285. The molecule has 0 bridgehead atoms. The van der Waals surface area contributed by atoms with Crippen molar-refractivity contribution in [1.29, 1.82) is 0 Å². The van der Waals surface area contributed by atoms with E-state index in [1.807, 2.05) is 19.1 Å². The van der Waals surface area contributed by atoms with Gasteiger partial charge in [-0.25, -0.2) is 0 Å². The van der Waals surface area contributed by atoms with E-state index >= 15 is 0 Å². The van der Waals surface area contributed by atoms with Crippen LogP contribution in [0.4, 0.5) is 0 Å². The van der Waals surface area contributed by atoms with Crippen LogP contribution in [0, 0.1) is 5.92 Å². The van der Waals surface area contributed by atoms with Crippen molar-refractivity contribution >= 4 is 0 Å². The van der Waals surface area contributed by atoms with Gasteiger partial charge in [0.25, 0.3) is 0 Å². The Kier molecular flexibility index (Phi) is 6.26. The van der Waals surface area contributed by atoms with Gasteiger partial charge in [-0.3, -0.25) is 0 Å². The van der Waals surface area contributed by atoms with E-state index in [0.29, 0.717) is 25.7 Å². The summed E-state index contributed by atoms with van der Waals surface area (Å²) in [4.78, 5) is 0. The predicted octanol–water partition coefficient (Wildman–Crippen LogP) is 1.96. The second-order valence-corrected chi connectivity index (χ2v) is 4.73. The maximum absolute atomic E-state index is 9.69. The van der Waals surface area contributed by atoms with E-state index in [2.05, 4.69) is 19.2 Å². The average Bonchev–Trinajstić information content (AvgIpc) is 2.78. The summed E-state index contributed by atoms with van der Waals surface area (Å²) in [7, 11) is 0. The Morgan fingerprint density at radius 3 is 2.71 bits per heavy atom. The van der Waals surface area contributed by atoms with Crippen LogP contribution in [0.3, 0.4) is 0 Å². The summed E-state index contributed by atoms with van der Waals surface area (Å²) in [6.07, 6.45) is 1.17. The zero-order valence-corrected chi connectivity index (χ0v) is 10.8. The standard InChI is InChI=1S/C13H23NO3/c1-10(2)8-16-9-12(15)7-14-11(3)13-5-4-6-17-13/h4-6,10-12,14-15H,7-9H2,1-3H3. The van der Waals surface area contributed by atoms with Crippen LogP contribution in [0.5, 0.6) is 0 Å². The topological polar surface area (TPSA) is 54.6 Å². The molecule has 4 heteroatoms. The molecule has 0 aliphatic heterocycles. The van der Waals surface area contributed by atoms with Gasteiger partial charge in [-0.05, 0) is 25.0 Å². The molecule has 1 aromatic rings. The Labute approximate surface area is 103 Å². The maximum Gasteiger partial charge on any atom is 0.120 e. The summed E-state index contributed by atoms with van der Waals surface area (Å²) >= 11 is 0. The number of hydrogen-bond donors (Lipinski definition) is 2. The van der Waals surface area contributed by atoms with Crippen molar-refractivity contribution < 1.29 is 14.3 Å². The fourth-order valence-electron chi connectivity index (χ4n) is 1.45. The molecule has 1 heterocycles. The van der Waals surface area contributed by atoms with Crippen molar-refractivity contribution in [3.05, 3.63) is 24.2 Å². The summed E-state index contributed by atoms with van der Waals surface area (Å²) in [5.41, 5.74) is 0. The third kappa shape index (κ3) is 5.86. The highest BCUT2D eigenvalue weighted by Gasteiger charge is 2.10. The zero-order chi connectivity index (χ0) is 12.7. The summed E-state index contributed by atoms with van der Waals surface area (Å²) in [5.74, 6) is 1.37. The first kappa shape index (κ1) is 14.2. The molecule has 0 spiro atoms. The number of aliphatic hydroxyl groups is 1. The van der Waals surface area contributed by atoms with Crippen molar-refractivity contribution in [2.75, 3.05) is 19.8 Å². The van der Waals surface area contributed by atoms with Crippen molar-refractivity contribution in [3.8, 4) is 0 Å². The molecule has 2 N–H and O–H groups in total. The van der Waals surface area contributed by atoms with Gasteiger partial charge in [-0.1, -0.05) is 13.8 Å². The lowest BCUT2D eigenvalue weighted by atomic mass is 10.2. The molecule has 2 unspecified atom stereocenters. The van der Waals surface area contributed by atoms with Crippen LogP contribution in [0.25, 0.3) is 0 Å². The van der Waals surface area contributed by atoms with Crippen molar-refractivity contribution in [2.24, 2.45) is 5.92 Å². The van der Waals surface area contributed by atoms with E-state index in [1.54, 1.807) is 6.26 Å². The fraction of sp³-hybridized carbons (Fsp3) is 0.692. The lowest BCUT2D eigenvalue weighted by Gasteiger charge is -2.16. The molecule has 0 amide bonds. The molecule has 0 aliphatic rings. The molecule has 0 fully saturated rings. The van der Waals surface area contributed by atoms with Crippen LogP contribution in [0.15, 0.2) is 22.8 Å². The smallest absolute Gasteiger partial charge is 0.120 e. The van der Waals surface area contributed by atoms with Gasteiger partial charge in [0.05, 0.1) is 25.0 Å². The number of furan rings is 1. The van der Waals surface area contributed by atoms with Gasteiger partial charge >= 0.3 is 0 Å². The highest BCUT2D eigenvalue weighted by atomic mass is 16.5. The Balaban J connectivity index is 2.13. The van der Waals surface area contributed by atoms with E-state index in [4.69, 9.17) is 9.15 Å². The Morgan fingerprint density at radius 1 is 1.35 bits per heavy atom. The van der Waals surface area contributed by atoms with Crippen LogP contribution in [-0.4, -0.2) is 31.0 Å². The van der Waals surface area contributed by atoms with E-state index in [1.165, 1.54) is 0 Å². The molecule has 0 aliphatic carbocycles. The highest BCUT2D eigenvalue weighted by Crippen LogP contribution is 2.11. The molecule has 0 radical (unpaired) electrons. The van der Waals surface area contributed by atoms with Crippen LogP contribution in [0.2, 0.25) is 0 Å². The monoisotopic (exact) mass is 241 g/mol. The molecule has 0 saturated carbocycles. The number of hydrogen-bond acceptors (Lipinski definition) is 4. The van der Waals surface area contributed by atoms with E-state index in [9.17, 15) is 5.11 Å². The molecule has 98 valence electrons. The summed E-state index contributed by atoms with van der Waals surface area (Å²) in [6.45, 7) is 7.73. The summed E-state index contributed by atoms with van der Waals surface area (Å²) < 4.78 is 10.6. The fourth-order valence-corrected chi connectivity index (χ4v) is 1.45. The maximum atomic E-state index is 9.69. The number of nitrogens with one attached hydrogen (secondary N) is 1. The lowest BCUT2D eigenvalue weighted by molar-refractivity contribution is 0.0249. The molecular formula is C13H23NO3. The second kappa shape index (κ2) is 7.48. The largest absolute Gasteiger partial charge is 0.468 e. The van der Waals surface area contributed by atoms with Gasteiger partial charge < -0.3 is 19.6 Å². The molecule has 17 heavy (non-hydrogen) atoms. The predicted molar refractivity (Wildman–Crippen MR) is 66.8 cm³/mol. The SMILES string of the molecule is CC(C)COCC(O)CNC(C)c1ccco1. The summed E-state index contributed by atoms with van der Waals surface area (Å²) in [6, 6.07) is 3.87. The van der Waals surface area contributed by atoms with Gasteiger partial charge in [0.2, 0.25) is 0 Å². The lowest BCUT2D eigenvalue weighted by Crippen LogP contribution is -2.32. The van der Waals surface area contributed by atoms with E-state index < -0.39 is 6.10 Å². The average molecular weight is 241 g/mol. The number of rotatable bonds is 8. The first-order valence-corrected chi connectivity index (χ1v) is 6.12. The van der Waals surface area contributed by atoms with Gasteiger partial charge in [-0.15, -0.1) is 0 Å². The van der Waals surface area contributed by atoms with Crippen LogP contribution in [0.1, 0.15) is 32.6 Å². The van der Waals surface area contributed by atoms with E-state index in [-0.39, 0.29) is 6.04 Å². The van der Waals surface area contributed by atoms with Crippen molar-refractivity contribution in [2.45, 2.75) is 32.9 Å². The van der Waals surface area contributed by atoms with Crippen molar-refractivity contribution in [3.63, 3.8) is 0 Å². The van der Waals surface area contributed by atoms with Gasteiger partial charge in [-0.2, -0.15) is 0 Å². The zero-order valence-electron chi connectivity index (χ0n) is 10.8. The molecule has 0 saturated heterocycles. The van der Waals surface area contributed by atoms with Gasteiger partial charge in [0, 0.05) is 13.2 Å². The normalized spacial score (nSPS) is 15.1. The second-order valence-electron chi connectivity index (χ2n) is 4.73. The van der Waals surface area contributed by atoms with Crippen LogP contribution in [-0.2, 0) is 4.74 Å². The van der Waals surface area contributed by atoms with Crippen LogP contribution < -0.4 is 5.32 Å². The highest BCUT2D eigenvalue weighted by molar-refractivity contribution is 5.02. The Hall–Kier alpha value is -0.840. The van der Waals surface area contributed by atoms with E-state index in [0.717, 1.165) is 5.76 Å². The first-order valence-electron chi connectivity index (χ1n) is 6.12. The first-order chi connectivity index (χ1) is 8.09. The molecule has 1 aromatic heterocycles.